The van der Waals surface area contributed by atoms with E-state index in [0.717, 1.165) is 61.1 Å². The summed E-state index contributed by atoms with van der Waals surface area (Å²) in [7, 11) is -0.543. The predicted octanol–water partition coefficient (Wildman–Crippen LogP) is 7.30. The Labute approximate surface area is 331 Å². The zero-order chi connectivity index (χ0) is 38.0. The Morgan fingerprint density at radius 1 is 1.22 bits per heavy atom. The highest BCUT2D eigenvalue weighted by molar-refractivity contribution is 9.09. The molecule has 3 heterocycles. The summed E-state index contributed by atoms with van der Waals surface area (Å²) in [5, 5.41) is 5.76. The van der Waals surface area contributed by atoms with Crippen LogP contribution in [0.3, 0.4) is 0 Å². The molecule has 4 aliphatic rings. The summed E-state index contributed by atoms with van der Waals surface area (Å²) in [6.45, 7) is 4.55. The molecule has 1 saturated carbocycles. The van der Waals surface area contributed by atoms with E-state index in [-0.39, 0.29) is 40.2 Å². The lowest BCUT2D eigenvalue weighted by atomic mass is 9.68. The first-order valence-electron chi connectivity index (χ1n) is 18.8. The van der Waals surface area contributed by atoms with E-state index in [9.17, 15) is 13.8 Å². The number of allylic oxidation sites excluding steroid dienone is 1. The van der Waals surface area contributed by atoms with Gasteiger partial charge in [0.1, 0.15) is 21.2 Å². The summed E-state index contributed by atoms with van der Waals surface area (Å²) in [5.74, 6) is -0.115. The Morgan fingerprint density at radius 2 is 2.07 bits per heavy atom. The monoisotopic (exact) mass is 841 g/mol. The van der Waals surface area contributed by atoms with Crippen molar-refractivity contribution in [1.82, 2.24) is 14.5 Å². The first-order valence-corrected chi connectivity index (χ1v) is 22.0. The van der Waals surface area contributed by atoms with Gasteiger partial charge in [0.25, 0.3) is 11.8 Å². The molecule has 1 aromatic heterocycles. The van der Waals surface area contributed by atoms with Crippen LogP contribution in [0, 0.1) is 17.8 Å². The number of hydrogen-bond acceptors (Lipinski definition) is 8. The first-order chi connectivity index (χ1) is 26.0. The van der Waals surface area contributed by atoms with Crippen molar-refractivity contribution in [2.75, 3.05) is 49.4 Å². The maximum atomic E-state index is 14.7. The fraction of sp³-hybridized carbons (Fsp3) is 0.525. The number of benzene rings is 2. The molecular weight excluding hydrogens is 794 g/mol. The van der Waals surface area contributed by atoms with E-state index in [1.807, 2.05) is 25.1 Å². The third kappa shape index (κ3) is 8.24. The van der Waals surface area contributed by atoms with Crippen LogP contribution in [-0.4, -0.2) is 76.4 Å². The van der Waals surface area contributed by atoms with E-state index in [1.165, 1.54) is 29.1 Å². The molecular formula is C40H49BrClN5O6S. The molecule has 1 spiro atoms. The van der Waals surface area contributed by atoms with Gasteiger partial charge in [-0.1, -0.05) is 52.7 Å². The molecule has 2 bridgehead atoms. The van der Waals surface area contributed by atoms with Gasteiger partial charge in [-0.2, -0.15) is 0 Å². The lowest BCUT2D eigenvalue weighted by Gasteiger charge is -2.46. The van der Waals surface area contributed by atoms with Gasteiger partial charge in [-0.3, -0.25) is 19.0 Å². The number of methoxy groups -OCH3 is 1. The smallest absolute Gasteiger partial charge is 0.286 e. The highest BCUT2D eigenvalue weighted by Crippen LogP contribution is 2.47. The minimum atomic E-state index is -3.61. The number of nitrogens with one attached hydrogen (secondary N) is 1. The maximum absolute atomic E-state index is 14.7. The third-order valence-corrected chi connectivity index (χ3v) is 14.1. The number of carbonyl (C=O) groups is 2. The van der Waals surface area contributed by atoms with Crippen LogP contribution < -0.4 is 19.1 Å². The number of carbonyl (C=O) groups excluding carboxylic acids is 2. The van der Waals surface area contributed by atoms with Gasteiger partial charge >= 0.3 is 0 Å². The summed E-state index contributed by atoms with van der Waals surface area (Å²) < 4.78 is 41.6. The van der Waals surface area contributed by atoms with Crippen LogP contribution in [0.5, 0.6) is 11.6 Å². The molecule has 3 aromatic rings. The van der Waals surface area contributed by atoms with Crippen molar-refractivity contribution >= 4 is 54.9 Å². The molecule has 2 amide bonds. The van der Waals surface area contributed by atoms with Gasteiger partial charge in [0.2, 0.25) is 5.88 Å². The molecule has 0 unspecified atom stereocenters. The van der Waals surface area contributed by atoms with Gasteiger partial charge in [-0.15, -0.1) is 9.46 Å². The summed E-state index contributed by atoms with van der Waals surface area (Å²) in [4.78, 5) is 30.1. The van der Waals surface area contributed by atoms with E-state index in [0.29, 0.717) is 43.8 Å². The largest absolute Gasteiger partial charge is 0.490 e. The number of halogens is 2. The maximum Gasteiger partial charge on any atom is 0.286 e. The number of aromatic nitrogens is 2. The number of fused-ring (bicyclic) bond motifs is 4. The zero-order valence-electron chi connectivity index (χ0n) is 31.1. The topological polar surface area (TPSA) is 124 Å². The second-order valence-electron chi connectivity index (χ2n) is 15.3. The number of alkyl halides is 1. The van der Waals surface area contributed by atoms with Crippen LogP contribution in [0.2, 0.25) is 5.02 Å². The quantitative estimate of drug-likeness (QED) is 0.149. The Bertz CT molecular complexity index is 2050. The summed E-state index contributed by atoms with van der Waals surface area (Å²) >= 11 is 10.0. The average molecular weight is 843 g/mol. The van der Waals surface area contributed by atoms with Crippen LogP contribution in [0.4, 0.5) is 5.69 Å². The van der Waals surface area contributed by atoms with E-state index in [2.05, 4.69) is 59.3 Å². The Balaban J connectivity index is 1.30. The Kier molecular flexibility index (Phi) is 11.8. The summed E-state index contributed by atoms with van der Waals surface area (Å²) in [5.41, 5.74) is 3.43. The molecule has 0 saturated heterocycles. The van der Waals surface area contributed by atoms with Crippen LogP contribution in [0.25, 0.3) is 0 Å². The SMILES string of the molecule is COc1nn(C)cc1C(=O)N[S@@]1(=O)=NC(=O)c2ccc3c(c2)N(C[C@@H]2CC[C@H]2[C@@H](OCCCBr)/C=C/C[C@H](C)C1)C[C@@]1(CCCc2cc(Cl)ccc21)CO3. The van der Waals surface area contributed by atoms with Gasteiger partial charge in [0, 0.05) is 54.3 Å². The van der Waals surface area contributed by atoms with Gasteiger partial charge < -0.3 is 19.1 Å². The molecule has 6 atom stereocenters. The molecule has 0 radical (unpaired) electrons. The summed E-state index contributed by atoms with van der Waals surface area (Å²) in [6.07, 6.45) is 12.2. The number of nitrogens with zero attached hydrogens (tertiary/aromatic N) is 4. The predicted molar refractivity (Wildman–Crippen MR) is 214 cm³/mol. The van der Waals surface area contributed by atoms with E-state index in [4.69, 9.17) is 25.8 Å². The highest BCUT2D eigenvalue weighted by atomic mass is 79.9. The first kappa shape index (κ1) is 38.9. The molecule has 1 fully saturated rings. The van der Waals surface area contributed by atoms with E-state index in [1.54, 1.807) is 13.1 Å². The van der Waals surface area contributed by atoms with Gasteiger partial charge in [-0.05, 0) is 104 Å². The lowest BCUT2D eigenvalue weighted by molar-refractivity contribution is -0.0134. The standard InChI is InChI=1S/C40H49BrClN5O6S/c1-26-7-4-9-35(52-18-6-17-41)31-13-10-29(31)21-47-24-40(16-5-8-27-19-30(42)12-14-33(27)40)25-53-36-15-11-28(20-34(36)47)37(48)44-54(50,23-26)45-38(49)32-22-46(2)43-39(32)51-3/h4,9,11-12,14-15,19-20,22,26,29,31,35H,5-8,10,13,16-18,21,23-25H2,1-3H3,(H,44,45,48,49,50)/b9-4+/t26-,29-,31+,35-,40-,54-/m0/s1. The second-order valence-corrected chi connectivity index (χ2v) is 18.5. The van der Waals surface area contributed by atoms with Crippen molar-refractivity contribution in [2.24, 2.45) is 29.2 Å². The second kappa shape index (κ2) is 16.4. The number of ether oxygens (including phenoxy) is 3. The molecule has 54 heavy (non-hydrogen) atoms. The van der Waals surface area contributed by atoms with Crippen molar-refractivity contribution in [3.8, 4) is 11.6 Å². The number of rotatable bonds is 7. The zero-order valence-corrected chi connectivity index (χ0v) is 34.3. The van der Waals surface area contributed by atoms with Crippen LogP contribution in [-0.2, 0) is 33.5 Å². The molecule has 14 heteroatoms. The van der Waals surface area contributed by atoms with Crippen molar-refractivity contribution in [3.63, 3.8) is 0 Å². The number of aryl methyl sites for hydroxylation is 2. The van der Waals surface area contributed by atoms with Crippen molar-refractivity contribution < 1.29 is 28.0 Å². The Morgan fingerprint density at radius 3 is 2.85 bits per heavy atom. The van der Waals surface area contributed by atoms with E-state index >= 15 is 0 Å². The van der Waals surface area contributed by atoms with Gasteiger partial charge in [0.05, 0.1) is 31.3 Å². The fourth-order valence-electron chi connectivity index (χ4n) is 8.54. The number of amides is 2. The normalized spacial score (nSPS) is 28.8. The summed E-state index contributed by atoms with van der Waals surface area (Å²) in [6, 6.07) is 11.6. The van der Waals surface area contributed by atoms with E-state index < -0.39 is 21.7 Å². The van der Waals surface area contributed by atoms with Crippen molar-refractivity contribution in [1.29, 1.82) is 0 Å². The minimum absolute atomic E-state index is 0.0370. The molecule has 2 aromatic carbocycles. The van der Waals surface area contributed by atoms with Crippen LogP contribution >= 0.6 is 27.5 Å². The molecule has 290 valence electrons. The minimum Gasteiger partial charge on any atom is -0.490 e. The average Bonchev–Trinajstić information content (AvgIpc) is 3.44. The fourth-order valence-corrected chi connectivity index (χ4v) is 10.8. The van der Waals surface area contributed by atoms with Crippen LogP contribution in [0.1, 0.15) is 77.3 Å². The van der Waals surface area contributed by atoms with Gasteiger partial charge in [-0.25, -0.2) is 4.21 Å². The van der Waals surface area contributed by atoms with Crippen LogP contribution in [0.15, 0.2) is 59.1 Å². The molecule has 11 nitrogen and oxygen atoms in total. The molecule has 1 N–H and O–H groups in total. The van der Waals surface area contributed by atoms with Crippen molar-refractivity contribution in [2.45, 2.75) is 63.4 Å². The van der Waals surface area contributed by atoms with Crippen molar-refractivity contribution in [3.05, 3.63) is 82.0 Å². The molecule has 2 aliphatic carbocycles. The lowest BCUT2D eigenvalue weighted by Crippen LogP contribution is -2.49. The molecule has 7 rings (SSSR count). The Hall–Kier alpha value is -3.39. The highest BCUT2D eigenvalue weighted by Gasteiger charge is 2.44. The number of anilines is 1. The molecule has 2 aliphatic heterocycles. The number of hydrogen-bond donors (Lipinski definition) is 1. The third-order valence-electron chi connectivity index (χ3n) is 11.3. The van der Waals surface area contributed by atoms with Gasteiger partial charge in [0.15, 0.2) is 0 Å².